The molecule has 0 saturated heterocycles. The van der Waals surface area contributed by atoms with E-state index in [0.29, 0.717) is 34.0 Å². The van der Waals surface area contributed by atoms with Crippen LogP contribution in [0.1, 0.15) is 19.4 Å². The fourth-order valence-corrected chi connectivity index (χ4v) is 1.88. The fraction of sp³-hybridized carbons (Fsp3) is 0.143. The second-order valence-corrected chi connectivity index (χ2v) is 5.98. The summed E-state index contributed by atoms with van der Waals surface area (Å²) >= 11 is 0. The van der Waals surface area contributed by atoms with Gasteiger partial charge in [-0.3, -0.25) is 0 Å². The number of ether oxygens (including phenoxy) is 2. The molecule has 0 unspecified atom stereocenters. The molecule has 0 amide bonds. The third-order valence-electron chi connectivity index (χ3n) is 3.40. The second-order valence-electron chi connectivity index (χ2n) is 5.98. The Labute approximate surface area is 157 Å². The van der Waals surface area contributed by atoms with Crippen molar-refractivity contribution in [3.05, 3.63) is 72.3 Å². The quantitative estimate of drug-likeness (QED) is 0.299. The molecule has 2 rings (SSSR count). The molecule has 138 valence electrons. The Hall–Kier alpha value is -3.54. The molecular weight excluding hydrogens is 344 g/mol. The summed E-state index contributed by atoms with van der Waals surface area (Å²) in [5, 5.41) is 8.35. The van der Waals surface area contributed by atoms with Crippen LogP contribution in [-0.2, 0) is 9.59 Å². The first-order valence-corrected chi connectivity index (χ1v) is 8.14. The molecule has 6 nitrogen and oxygen atoms in total. The first-order chi connectivity index (χ1) is 12.8. The minimum atomic E-state index is -0.479. The smallest absolute Gasteiger partial charge is 0.338 e. The zero-order valence-electron chi connectivity index (χ0n) is 15.5. The number of carbonyl (C=O) groups is 2. The maximum absolute atomic E-state index is 11.6. The fourth-order valence-electron chi connectivity index (χ4n) is 1.88. The minimum Gasteiger partial charge on any atom is -0.423 e. The van der Waals surface area contributed by atoms with Crippen molar-refractivity contribution in [2.75, 3.05) is 0 Å². The minimum absolute atomic E-state index is 0.326. The van der Waals surface area contributed by atoms with Crippen molar-refractivity contribution in [2.45, 2.75) is 20.8 Å². The lowest BCUT2D eigenvalue weighted by Crippen LogP contribution is -2.08. The van der Waals surface area contributed by atoms with E-state index in [2.05, 4.69) is 23.4 Å². The average molecular weight is 364 g/mol. The lowest BCUT2D eigenvalue weighted by atomic mass is 10.2. The van der Waals surface area contributed by atoms with Crippen molar-refractivity contribution in [1.82, 2.24) is 0 Å². The standard InChI is InChI=1S/C21H20N2O4/c1-13(2)20(24)26-17-8-6-16(7-9-17)22-23-19-11-10-18(12-15(19)5)27-21(25)14(3)4/h6-12H,1,3H2,2,4-5H3. The maximum Gasteiger partial charge on any atom is 0.338 e. The molecule has 0 radical (unpaired) electrons. The Morgan fingerprint density at radius 3 is 1.85 bits per heavy atom. The van der Waals surface area contributed by atoms with Gasteiger partial charge in [-0.15, -0.1) is 0 Å². The first kappa shape index (κ1) is 19.8. The number of rotatable bonds is 6. The lowest BCUT2D eigenvalue weighted by Gasteiger charge is -2.06. The van der Waals surface area contributed by atoms with Gasteiger partial charge in [-0.25, -0.2) is 9.59 Å². The molecule has 0 heterocycles. The molecule has 2 aromatic carbocycles. The van der Waals surface area contributed by atoms with E-state index in [4.69, 9.17) is 9.47 Å². The van der Waals surface area contributed by atoms with Crippen LogP contribution in [0.5, 0.6) is 11.5 Å². The summed E-state index contributed by atoms with van der Waals surface area (Å²) in [5.74, 6) is -0.131. The van der Waals surface area contributed by atoms with Crippen LogP contribution in [0, 0.1) is 6.92 Å². The molecule has 0 aliphatic heterocycles. The summed E-state index contributed by atoms with van der Waals surface area (Å²) in [7, 11) is 0. The Morgan fingerprint density at radius 1 is 0.815 bits per heavy atom. The van der Waals surface area contributed by atoms with E-state index >= 15 is 0 Å². The van der Waals surface area contributed by atoms with Gasteiger partial charge in [-0.05, 0) is 68.8 Å². The van der Waals surface area contributed by atoms with E-state index in [9.17, 15) is 9.59 Å². The summed E-state index contributed by atoms with van der Waals surface area (Å²) in [5.41, 5.74) is 2.70. The number of hydrogen-bond acceptors (Lipinski definition) is 6. The van der Waals surface area contributed by atoms with Crippen LogP contribution < -0.4 is 9.47 Å². The van der Waals surface area contributed by atoms with Crippen LogP contribution in [0.15, 0.2) is 77.0 Å². The highest BCUT2D eigenvalue weighted by atomic mass is 16.5. The molecule has 0 fully saturated rings. The molecule has 6 heteroatoms. The van der Waals surface area contributed by atoms with Gasteiger partial charge in [0.1, 0.15) is 11.5 Å². The monoisotopic (exact) mass is 364 g/mol. The number of nitrogens with zero attached hydrogens (tertiary/aromatic N) is 2. The average Bonchev–Trinajstić information content (AvgIpc) is 2.62. The van der Waals surface area contributed by atoms with Gasteiger partial charge in [-0.2, -0.15) is 10.2 Å². The van der Waals surface area contributed by atoms with Crippen LogP contribution >= 0.6 is 0 Å². The van der Waals surface area contributed by atoms with Crippen LogP contribution in [0.2, 0.25) is 0 Å². The predicted molar refractivity (Wildman–Crippen MR) is 103 cm³/mol. The van der Waals surface area contributed by atoms with Crippen LogP contribution in [0.3, 0.4) is 0 Å². The maximum atomic E-state index is 11.6. The first-order valence-electron chi connectivity index (χ1n) is 8.14. The Morgan fingerprint density at radius 2 is 1.33 bits per heavy atom. The van der Waals surface area contributed by atoms with Gasteiger partial charge < -0.3 is 9.47 Å². The lowest BCUT2D eigenvalue weighted by molar-refractivity contribution is -0.130. The van der Waals surface area contributed by atoms with Gasteiger partial charge in [0.25, 0.3) is 0 Å². The zero-order valence-corrected chi connectivity index (χ0v) is 15.5. The van der Waals surface area contributed by atoms with Crippen LogP contribution in [0.25, 0.3) is 0 Å². The summed E-state index contributed by atoms with van der Waals surface area (Å²) < 4.78 is 10.3. The molecule has 0 aromatic heterocycles. The largest absolute Gasteiger partial charge is 0.423 e. The van der Waals surface area contributed by atoms with Gasteiger partial charge in [-0.1, -0.05) is 13.2 Å². The Bertz CT molecular complexity index is 928. The molecule has 0 atom stereocenters. The van der Waals surface area contributed by atoms with Crippen molar-refractivity contribution >= 4 is 23.3 Å². The van der Waals surface area contributed by atoms with Gasteiger partial charge in [0.2, 0.25) is 0 Å². The van der Waals surface area contributed by atoms with E-state index < -0.39 is 11.9 Å². The van der Waals surface area contributed by atoms with Crippen LogP contribution in [0.4, 0.5) is 11.4 Å². The van der Waals surface area contributed by atoms with Gasteiger partial charge >= 0.3 is 11.9 Å². The Kier molecular flexibility index (Phi) is 6.38. The normalized spacial score (nSPS) is 10.5. The van der Waals surface area contributed by atoms with E-state index in [-0.39, 0.29) is 0 Å². The molecule has 0 aliphatic rings. The molecule has 27 heavy (non-hydrogen) atoms. The van der Waals surface area contributed by atoms with E-state index in [0.717, 1.165) is 5.56 Å². The molecular formula is C21H20N2O4. The highest BCUT2D eigenvalue weighted by Crippen LogP contribution is 2.27. The molecule has 0 bridgehead atoms. The SMILES string of the molecule is C=C(C)C(=O)Oc1ccc(N=Nc2ccc(OC(=O)C(=C)C)cc2C)cc1. The number of aryl methyl sites for hydroxylation is 1. The van der Waals surface area contributed by atoms with E-state index in [1.807, 2.05) is 6.92 Å². The van der Waals surface area contributed by atoms with Crippen molar-refractivity contribution < 1.29 is 19.1 Å². The molecule has 0 spiro atoms. The van der Waals surface area contributed by atoms with E-state index in [1.54, 1.807) is 56.3 Å². The second kappa shape index (κ2) is 8.71. The predicted octanol–water partition coefficient (Wildman–Crippen LogP) is 5.37. The zero-order chi connectivity index (χ0) is 20.0. The van der Waals surface area contributed by atoms with Gasteiger partial charge in [0.05, 0.1) is 11.4 Å². The van der Waals surface area contributed by atoms with Crippen molar-refractivity contribution in [3.8, 4) is 11.5 Å². The number of hydrogen-bond donors (Lipinski definition) is 0. The third-order valence-corrected chi connectivity index (χ3v) is 3.40. The summed E-state index contributed by atoms with van der Waals surface area (Å²) in [6, 6.07) is 11.7. The number of azo groups is 1. The topological polar surface area (TPSA) is 77.3 Å². The molecule has 0 aliphatic carbocycles. The molecule has 0 N–H and O–H groups in total. The number of esters is 2. The Balaban J connectivity index is 2.07. The molecule has 2 aromatic rings. The van der Waals surface area contributed by atoms with Crippen molar-refractivity contribution in [1.29, 1.82) is 0 Å². The summed E-state index contributed by atoms with van der Waals surface area (Å²) in [4.78, 5) is 23.0. The summed E-state index contributed by atoms with van der Waals surface area (Å²) in [6.07, 6.45) is 0. The van der Waals surface area contributed by atoms with Gasteiger partial charge in [0.15, 0.2) is 0 Å². The molecule has 0 saturated carbocycles. The van der Waals surface area contributed by atoms with E-state index in [1.165, 1.54) is 0 Å². The van der Waals surface area contributed by atoms with Crippen molar-refractivity contribution in [3.63, 3.8) is 0 Å². The van der Waals surface area contributed by atoms with Crippen molar-refractivity contribution in [2.24, 2.45) is 10.2 Å². The summed E-state index contributed by atoms with van der Waals surface area (Å²) in [6.45, 7) is 12.1. The highest BCUT2D eigenvalue weighted by molar-refractivity contribution is 5.89. The number of benzene rings is 2. The number of carbonyl (C=O) groups excluding carboxylic acids is 2. The van der Waals surface area contributed by atoms with Gasteiger partial charge in [0, 0.05) is 11.1 Å². The van der Waals surface area contributed by atoms with Crippen LogP contribution in [-0.4, -0.2) is 11.9 Å². The third kappa shape index (κ3) is 5.74. The highest BCUT2D eigenvalue weighted by Gasteiger charge is 2.07.